The Hall–Kier alpha value is -1.19. The van der Waals surface area contributed by atoms with E-state index in [1.807, 2.05) is 0 Å². The summed E-state index contributed by atoms with van der Waals surface area (Å²) in [6.45, 7) is 11.6. The Morgan fingerprint density at radius 1 is 0.535 bits per heavy atom. The monoisotopic (exact) mass is 686 g/mol. The molecule has 0 radical (unpaired) electrons. The molecule has 0 aliphatic carbocycles. The van der Waals surface area contributed by atoms with Gasteiger partial charge in [0.2, 0.25) is 0 Å². The molecule has 0 atom stereocenters. The Balaban J connectivity index is 0.00000441. The Bertz CT molecular complexity index is 1150. The first-order chi connectivity index (χ1) is 19.0. The minimum Gasteiger partial charge on any atom is -1.00 e. The number of benzene rings is 3. The molecule has 43 heavy (non-hydrogen) atoms. The summed E-state index contributed by atoms with van der Waals surface area (Å²) in [5.74, 6) is 0.485. The van der Waals surface area contributed by atoms with Crippen LogP contribution >= 0.6 is 0 Å². The Kier molecular flexibility index (Phi) is 20.2. The van der Waals surface area contributed by atoms with Gasteiger partial charge in [-0.15, -0.1) is 5.19 Å². The fraction of sp³-hybridized carbons (Fsp3) is 0.395. The molecule has 0 aliphatic rings. The molecule has 0 saturated heterocycles. The van der Waals surface area contributed by atoms with Crippen LogP contribution in [0.15, 0.2) is 91.0 Å². The largest absolute Gasteiger partial charge is 4.00 e. The van der Waals surface area contributed by atoms with Crippen molar-refractivity contribution in [2.75, 3.05) is 0 Å². The number of rotatable bonds is 14. The predicted molar refractivity (Wildman–Crippen MR) is 176 cm³/mol. The average molecular weight is 688 g/mol. The summed E-state index contributed by atoms with van der Waals surface area (Å²) in [7, 11) is -2.52. The van der Waals surface area contributed by atoms with Crippen LogP contribution in [0.2, 0.25) is 0 Å². The summed E-state index contributed by atoms with van der Waals surface area (Å²) in [6, 6.07) is 36.5. The van der Waals surface area contributed by atoms with Gasteiger partial charge in [0, 0.05) is 0 Å². The molecule has 0 heterocycles. The predicted octanol–water partition coefficient (Wildman–Crippen LogP) is -1.06. The molecule has 0 saturated carbocycles. The van der Waals surface area contributed by atoms with Crippen LogP contribution in [-0.4, -0.2) is 8.07 Å². The van der Waals surface area contributed by atoms with E-state index in [0.29, 0.717) is 5.92 Å². The Morgan fingerprint density at radius 2 is 0.860 bits per heavy atom. The molecule has 4 rings (SSSR count). The van der Waals surface area contributed by atoms with Gasteiger partial charge in [0.15, 0.2) is 0 Å². The molecule has 0 amide bonds. The van der Waals surface area contributed by atoms with Crippen molar-refractivity contribution in [3.05, 3.63) is 113 Å². The Labute approximate surface area is 297 Å². The maximum atomic E-state index is 2.48. The summed E-state index contributed by atoms with van der Waals surface area (Å²) in [5.41, 5.74) is 5.88. The van der Waals surface area contributed by atoms with Gasteiger partial charge >= 0.3 is 21.7 Å². The van der Waals surface area contributed by atoms with Crippen molar-refractivity contribution in [2.24, 2.45) is 0 Å². The van der Waals surface area contributed by atoms with E-state index in [2.05, 4.69) is 126 Å². The SMILES string of the molecule is CCCCc1ccc([Si](c2ccc(CCCC)cc2)(c2ccc(CCCC)cc2)[c-]2cccc2C(C)C)cc1.[Cl-].[Cl-].[Cl-].[Ti+4]. The molecular weight excluding hydrogens is 639 g/mol. The molecule has 0 aromatic heterocycles. The van der Waals surface area contributed by atoms with E-state index in [1.54, 1.807) is 5.19 Å². The fourth-order valence-electron chi connectivity index (χ4n) is 6.15. The molecular formula is C38H49Cl3SiTi. The van der Waals surface area contributed by atoms with Crippen LogP contribution in [0.3, 0.4) is 0 Å². The van der Waals surface area contributed by atoms with Crippen molar-refractivity contribution in [2.45, 2.75) is 98.3 Å². The van der Waals surface area contributed by atoms with E-state index in [-0.39, 0.29) is 58.9 Å². The number of aryl methyl sites for hydroxylation is 3. The molecule has 230 valence electrons. The molecule has 0 aliphatic heterocycles. The zero-order chi connectivity index (χ0) is 27.7. The zero-order valence-electron chi connectivity index (χ0n) is 26.7. The van der Waals surface area contributed by atoms with Crippen LogP contribution in [0, 0.1) is 0 Å². The van der Waals surface area contributed by atoms with Gasteiger partial charge in [-0.3, -0.25) is 0 Å². The Morgan fingerprint density at radius 3 is 1.14 bits per heavy atom. The van der Waals surface area contributed by atoms with Gasteiger partial charge in [0.05, 0.1) is 0 Å². The minimum absolute atomic E-state index is 0. The maximum Gasteiger partial charge on any atom is 4.00 e. The normalized spacial score (nSPS) is 10.7. The summed E-state index contributed by atoms with van der Waals surface area (Å²) in [5, 5.41) is 6.05. The molecule has 0 unspecified atom stereocenters. The van der Waals surface area contributed by atoms with E-state index in [9.17, 15) is 0 Å². The van der Waals surface area contributed by atoms with Crippen LogP contribution in [0.25, 0.3) is 0 Å². The molecule has 4 aromatic rings. The number of hydrogen-bond donors (Lipinski definition) is 0. The van der Waals surface area contributed by atoms with E-state index < -0.39 is 8.07 Å². The number of halogens is 3. The zero-order valence-corrected chi connectivity index (χ0v) is 31.6. The molecule has 5 heteroatoms. The minimum atomic E-state index is -2.52. The molecule has 4 aromatic carbocycles. The van der Waals surface area contributed by atoms with Gasteiger partial charge in [-0.2, -0.15) is 11.6 Å². The second kappa shape index (κ2) is 20.8. The summed E-state index contributed by atoms with van der Waals surface area (Å²) >= 11 is 0. The maximum absolute atomic E-state index is 2.52. The standard InChI is InChI=1S/C38H49Si.3ClH.Ti/c1-6-9-13-31-18-24-34(25-19-31)39(38-17-12-16-37(38)30(4)5,35-26-20-32(21-27-35)14-10-7-2)36-28-22-33(23-29-36)15-11-8-3;;;;/h12,16-30H,6-11,13-15H2,1-5H3;3*1H;/q-1;;;;+4/p-3. The molecule has 0 bridgehead atoms. The molecule has 0 N–H and O–H groups in total. The second-order valence-electron chi connectivity index (χ2n) is 11.7. The third-order valence-electron chi connectivity index (χ3n) is 8.49. The summed E-state index contributed by atoms with van der Waals surface area (Å²) in [4.78, 5) is 0. The third-order valence-corrected chi connectivity index (χ3v) is 13.4. The third kappa shape index (κ3) is 9.90. The van der Waals surface area contributed by atoms with Crippen LogP contribution in [0.1, 0.15) is 101 Å². The van der Waals surface area contributed by atoms with Crippen LogP contribution < -0.4 is 58.0 Å². The summed E-state index contributed by atoms with van der Waals surface area (Å²) in [6.07, 6.45) is 11.0. The van der Waals surface area contributed by atoms with Crippen LogP contribution in [0.5, 0.6) is 0 Å². The first-order valence-electron chi connectivity index (χ1n) is 15.6. The van der Waals surface area contributed by atoms with E-state index in [0.717, 1.165) is 19.3 Å². The van der Waals surface area contributed by atoms with Crippen LogP contribution in [0.4, 0.5) is 0 Å². The van der Waals surface area contributed by atoms with Crippen molar-refractivity contribution < 1.29 is 58.9 Å². The van der Waals surface area contributed by atoms with Crippen molar-refractivity contribution >= 4 is 28.8 Å². The van der Waals surface area contributed by atoms with E-state index in [1.165, 1.54) is 76.3 Å². The number of hydrogen-bond acceptors (Lipinski definition) is 0. The van der Waals surface area contributed by atoms with Gasteiger partial charge in [0.25, 0.3) is 0 Å². The van der Waals surface area contributed by atoms with Gasteiger partial charge in [-0.05, 0) is 61.1 Å². The van der Waals surface area contributed by atoms with E-state index >= 15 is 0 Å². The van der Waals surface area contributed by atoms with Crippen molar-refractivity contribution in [3.8, 4) is 0 Å². The van der Waals surface area contributed by atoms with Gasteiger partial charge in [-0.25, -0.2) is 12.1 Å². The smallest absolute Gasteiger partial charge is 1.00 e. The van der Waals surface area contributed by atoms with Crippen LogP contribution in [-0.2, 0) is 41.0 Å². The quantitative estimate of drug-likeness (QED) is 0.0903. The first kappa shape index (κ1) is 41.8. The van der Waals surface area contributed by atoms with Crippen molar-refractivity contribution in [3.63, 3.8) is 0 Å². The van der Waals surface area contributed by atoms with E-state index in [4.69, 9.17) is 0 Å². The molecule has 0 nitrogen and oxygen atoms in total. The van der Waals surface area contributed by atoms with Gasteiger partial charge < -0.3 is 37.2 Å². The van der Waals surface area contributed by atoms with Gasteiger partial charge in [-0.1, -0.05) is 142 Å². The fourth-order valence-corrected chi connectivity index (χ4v) is 11.2. The van der Waals surface area contributed by atoms with Crippen molar-refractivity contribution in [1.82, 2.24) is 0 Å². The molecule has 0 spiro atoms. The average Bonchev–Trinajstić information content (AvgIpc) is 3.47. The topological polar surface area (TPSA) is 0 Å². The number of unbranched alkanes of at least 4 members (excludes halogenated alkanes) is 3. The molecule has 0 fully saturated rings. The first-order valence-corrected chi connectivity index (χ1v) is 17.6. The summed E-state index contributed by atoms with van der Waals surface area (Å²) < 4.78 is 0. The van der Waals surface area contributed by atoms with Crippen molar-refractivity contribution in [1.29, 1.82) is 0 Å². The van der Waals surface area contributed by atoms with Gasteiger partial charge in [0.1, 0.15) is 8.07 Å². The second-order valence-corrected chi connectivity index (χ2v) is 15.5.